The summed E-state index contributed by atoms with van der Waals surface area (Å²) in [4.78, 5) is 0.181. The molecule has 0 fully saturated rings. The molecule has 3 N–H and O–H groups in total. The van der Waals surface area contributed by atoms with Crippen LogP contribution in [0.1, 0.15) is 20.3 Å². The molecule has 72 valence electrons. The number of nitrogens with zero attached hydrogens (tertiary/aromatic N) is 3. The molecule has 0 atom stereocenters. The summed E-state index contributed by atoms with van der Waals surface area (Å²) in [6, 6.07) is 0.00458. The van der Waals surface area contributed by atoms with E-state index in [0.29, 0.717) is 19.5 Å². The second kappa shape index (κ2) is 5.59. The Hall–Kier alpha value is -1.04. The van der Waals surface area contributed by atoms with Crippen LogP contribution in [-0.2, 0) is 0 Å². The maximum absolute atomic E-state index is 10.8. The number of rotatable bonds is 5. The predicted molar refractivity (Wildman–Crippen MR) is 43.4 cm³/mol. The minimum absolute atomic E-state index is 0.00458. The second-order valence-electron chi connectivity index (χ2n) is 2.74. The molecule has 0 aromatic carbocycles. The molecular formula is C6H16N4O2. The van der Waals surface area contributed by atoms with Gasteiger partial charge in [-0.05, 0) is 26.8 Å². The Kier molecular flexibility index (Phi) is 5.11. The van der Waals surface area contributed by atoms with Crippen molar-refractivity contribution in [3.05, 3.63) is 5.21 Å². The van der Waals surface area contributed by atoms with Gasteiger partial charge in [-0.3, -0.25) is 0 Å². The quantitative estimate of drug-likeness (QED) is 0.358. The van der Waals surface area contributed by atoms with Crippen LogP contribution in [-0.4, -0.2) is 34.3 Å². The summed E-state index contributed by atoms with van der Waals surface area (Å²) >= 11 is 0. The topological polar surface area (TPSA) is 87.9 Å². The van der Waals surface area contributed by atoms with Gasteiger partial charge in [0.1, 0.15) is 0 Å². The van der Waals surface area contributed by atoms with Gasteiger partial charge in [0, 0.05) is 0 Å². The summed E-state index contributed by atoms with van der Waals surface area (Å²) < 4.78 is 0. The molecule has 0 heterocycles. The Balaban J connectivity index is 4.04. The van der Waals surface area contributed by atoms with Gasteiger partial charge in [0.2, 0.25) is 5.28 Å². The Labute approximate surface area is 71.8 Å². The first kappa shape index (κ1) is 11.0. The number of nitrogens with two attached hydrogens (primary N) is 1. The standard InChI is InChI=1S/C6H16N4O2/c1-6(2)9(5-3-4-7)10(12)8-11/h6,11H,3-5,7H2,1-2H3. The van der Waals surface area contributed by atoms with Crippen molar-refractivity contribution < 1.29 is 10.2 Å². The van der Waals surface area contributed by atoms with Crippen LogP contribution in [0.4, 0.5) is 0 Å². The molecule has 0 aliphatic rings. The minimum atomic E-state index is 0.00458. The fourth-order valence-corrected chi connectivity index (χ4v) is 0.846. The molecule has 0 aromatic heterocycles. The zero-order valence-electron chi connectivity index (χ0n) is 7.47. The van der Waals surface area contributed by atoms with E-state index in [0.717, 1.165) is 0 Å². The molecular weight excluding hydrogens is 160 g/mol. The lowest BCUT2D eigenvalue weighted by Gasteiger charge is -2.20. The molecule has 12 heavy (non-hydrogen) atoms. The van der Waals surface area contributed by atoms with Crippen LogP contribution < -0.4 is 5.73 Å². The predicted octanol–water partition coefficient (Wildman–Crippen LogP) is 0.312. The maximum Gasteiger partial charge on any atom is 0.230 e. The molecule has 0 radical (unpaired) electrons. The SMILES string of the molecule is CC(C)N(CCCN)[N+]([O-])=NO. The van der Waals surface area contributed by atoms with Crippen molar-refractivity contribution in [2.75, 3.05) is 13.1 Å². The molecule has 0 bridgehead atoms. The van der Waals surface area contributed by atoms with E-state index in [4.69, 9.17) is 10.9 Å². The molecule has 0 unspecified atom stereocenters. The van der Waals surface area contributed by atoms with Gasteiger partial charge in [0.05, 0.1) is 17.6 Å². The fourth-order valence-electron chi connectivity index (χ4n) is 0.846. The van der Waals surface area contributed by atoms with Crippen molar-refractivity contribution in [3.8, 4) is 0 Å². The first-order valence-corrected chi connectivity index (χ1v) is 3.92. The molecule has 0 saturated carbocycles. The summed E-state index contributed by atoms with van der Waals surface area (Å²) in [5.41, 5.74) is 5.28. The zero-order chi connectivity index (χ0) is 9.56. The zero-order valence-corrected chi connectivity index (χ0v) is 7.47. The molecule has 0 spiro atoms. The first-order chi connectivity index (χ1) is 5.63. The lowest BCUT2D eigenvalue weighted by atomic mass is 10.3. The number of hydrazine groups is 1. The number of hydrogen-bond donors (Lipinski definition) is 2. The molecule has 0 aliphatic carbocycles. The Bertz CT molecular complexity index is 148. The average Bonchev–Trinajstić information content (AvgIpc) is 2.04. The molecule has 0 saturated heterocycles. The van der Waals surface area contributed by atoms with Crippen molar-refractivity contribution in [2.24, 2.45) is 11.0 Å². The number of hydrogen-bond acceptors (Lipinski definition) is 3. The van der Waals surface area contributed by atoms with E-state index in [2.05, 4.69) is 5.28 Å². The van der Waals surface area contributed by atoms with E-state index in [1.54, 1.807) is 0 Å². The van der Waals surface area contributed by atoms with E-state index in [1.807, 2.05) is 13.8 Å². The van der Waals surface area contributed by atoms with Crippen molar-refractivity contribution in [1.29, 1.82) is 0 Å². The van der Waals surface area contributed by atoms with Crippen LogP contribution in [0.15, 0.2) is 5.28 Å². The van der Waals surface area contributed by atoms with Gasteiger partial charge in [-0.15, -0.1) is 5.01 Å². The smallest absolute Gasteiger partial charge is 0.230 e. The lowest BCUT2D eigenvalue weighted by Crippen LogP contribution is -2.38. The van der Waals surface area contributed by atoms with Gasteiger partial charge in [-0.25, -0.2) is 0 Å². The highest BCUT2D eigenvalue weighted by atomic mass is 16.6. The second-order valence-corrected chi connectivity index (χ2v) is 2.74. The summed E-state index contributed by atoms with van der Waals surface area (Å²) in [6.45, 7) is 4.70. The van der Waals surface area contributed by atoms with E-state index >= 15 is 0 Å². The third-order valence-electron chi connectivity index (χ3n) is 1.48. The summed E-state index contributed by atoms with van der Waals surface area (Å²) in [5.74, 6) is 0. The highest BCUT2D eigenvalue weighted by Gasteiger charge is 2.15. The normalized spacial score (nSPS) is 12.2. The van der Waals surface area contributed by atoms with Gasteiger partial charge >= 0.3 is 0 Å². The fraction of sp³-hybridized carbons (Fsp3) is 1.00. The van der Waals surface area contributed by atoms with Gasteiger partial charge in [0.25, 0.3) is 0 Å². The average molecular weight is 176 g/mol. The lowest BCUT2D eigenvalue weighted by molar-refractivity contribution is -0.716. The Morgan fingerprint density at radius 1 is 1.67 bits per heavy atom. The maximum atomic E-state index is 10.8. The molecule has 0 aromatic rings. The molecule has 0 rings (SSSR count). The molecule has 0 aliphatic heterocycles. The van der Waals surface area contributed by atoms with E-state index < -0.39 is 0 Å². The molecule has 0 amide bonds. The van der Waals surface area contributed by atoms with Crippen molar-refractivity contribution in [1.82, 2.24) is 5.01 Å². The highest BCUT2D eigenvalue weighted by molar-refractivity contribution is 4.51. The molecule has 6 nitrogen and oxygen atoms in total. The van der Waals surface area contributed by atoms with Crippen molar-refractivity contribution in [3.63, 3.8) is 0 Å². The van der Waals surface area contributed by atoms with Crippen molar-refractivity contribution in [2.45, 2.75) is 26.3 Å². The van der Waals surface area contributed by atoms with Crippen molar-refractivity contribution >= 4 is 0 Å². The third kappa shape index (κ3) is 3.38. The Morgan fingerprint density at radius 2 is 2.25 bits per heavy atom. The summed E-state index contributed by atoms with van der Waals surface area (Å²) in [6.07, 6.45) is 0.701. The van der Waals surface area contributed by atoms with E-state index in [9.17, 15) is 5.21 Å². The van der Waals surface area contributed by atoms with Crippen LogP contribution in [0, 0.1) is 5.21 Å². The Morgan fingerprint density at radius 3 is 2.58 bits per heavy atom. The van der Waals surface area contributed by atoms with Crippen LogP contribution >= 0.6 is 0 Å². The van der Waals surface area contributed by atoms with Gasteiger partial charge in [0.15, 0.2) is 0 Å². The van der Waals surface area contributed by atoms with Gasteiger partial charge in [-0.1, -0.05) is 0 Å². The van der Waals surface area contributed by atoms with E-state index in [-0.39, 0.29) is 11.0 Å². The monoisotopic (exact) mass is 176 g/mol. The van der Waals surface area contributed by atoms with Gasteiger partial charge < -0.3 is 16.1 Å². The largest absolute Gasteiger partial charge is 0.569 e. The summed E-state index contributed by atoms with van der Waals surface area (Å²) in [7, 11) is 0. The minimum Gasteiger partial charge on any atom is -0.569 e. The van der Waals surface area contributed by atoms with Gasteiger partial charge in [-0.2, -0.15) is 0 Å². The van der Waals surface area contributed by atoms with E-state index in [1.165, 1.54) is 5.01 Å². The van der Waals surface area contributed by atoms with Crippen LogP contribution in [0.3, 0.4) is 0 Å². The molecule has 6 heteroatoms. The highest BCUT2D eigenvalue weighted by Crippen LogP contribution is 1.99. The van der Waals surface area contributed by atoms with Crippen LogP contribution in [0.25, 0.3) is 0 Å². The van der Waals surface area contributed by atoms with Crippen LogP contribution in [0.5, 0.6) is 0 Å². The van der Waals surface area contributed by atoms with Crippen LogP contribution in [0.2, 0.25) is 0 Å². The summed E-state index contributed by atoms with van der Waals surface area (Å²) in [5, 5.41) is 23.0. The first-order valence-electron chi connectivity index (χ1n) is 3.92. The third-order valence-corrected chi connectivity index (χ3v) is 1.48.